The molecule has 0 radical (unpaired) electrons. The van der Waals surface area contributed by atoms with Gasteiger partial charge in [0.25, 0.3) is 0 Å². The highest BCUT2D eigenvalue weighted by atomic mass is 15.3. The normalized spacial score (nSPS) is 19.9. The van der Waals surface area contributed by atoms with Crippen molar-refractivity contribution >= 4 is 0 Å². The second kappa shape index (κ2) is 5.36. The van der Waals surface area contributed by atoms with E-state index < -0.39 is 0 Å². The fourth-order valence-electron chi connectivity index (χ4n) is 2.88. The van der Waals surface area contributed by atoms with E-state index in [1.807, 2.05) is 0 Å². The fraction of sp³-hybridized carbons (Fsp3) is 0.846. The van der Waals surface area contributed by atoms with Crippen LogP contribution in [-0.4, -0.2) is 45.3 Å². The van der Waals surface area contributed by atoms with Gasteiger partial charge in [0, 0.05) is 32.1 Å². The molecular weight excluding hydrogens is 226 g/mol. The largest absolute Gasteiger partial charge is 0.314 e. The van der Waals surface area contributed by atoms with Crippen molar-refractivity contribution in [1.29, 1.82) is 0 Å². The van der Waals surface area contributed by atoms with Crippen molar-refractivity contribution < 1.29 is 0 Å². The second-order valence-electron chi connectivity index (χ2n) is 5.42. The molecule has 1 saturated heterocycles. The number of nitrogens with one attached hydrogen (secondary N) is 1. The summed E-state index contributed by atoms with van der Waals surface area (Å²) in [6, 6.07) is 0.696. The van der Waals surface area contributed by atoms with Crippen molar-refractivity contribution in [3.8, 4) is 0 Å². The Morgan fingerprint density at radius 2 is 2.22 bits per heavy atom. The van der Waals surface area contributed by atoms with Gasteiger partial charge < -0.3 is 9.88 Å². The van der Waals surface area contributed by atoms with Gasteiger partial charge in [0.15, 0.2) is 0 Å². The molecule has 1 aromatic heterocycles. The van der Waals surface area contributed by atoms with Crippen LogP contribution in [0.1, 0.15) is 37.8 Å². The van der Waals surface area contributed by atoms with Crippen molar-refractivity contribution in [1.82, 2.24) is 25.0 Å². The Hall–Kier alpha value is -0.940. The van der Waals surface area contributed by atoms with Crippen LogP contribution in [0.3, 0.4) is 0 Å². The first kappa shape index (κ1) is 12.1. The van der Waals surface area contributed by atoms with Gasteiger partial charge >= 0.3 is 0 Å². The zero-order valence-corrected chi connectivity index (χ0v) is 11.2. The summed E-state index contributed by atoms with van der Waals surface area (Å²) in [4.78, 5) is 2.56. The Morgan fingerprint density at radius 1 is 1.33 bits per heavy atom. The lowest BCUT2D eigenvalue weighted by molar-refractivity contribution is 0.132. The highest BCUT2D eigenvalue weighted by Gasteiger charge is 2.26. The van der Waals surface area contributed by atoms with Gasteiger partial charge in [0.05, 0.1) is 6.54 Å². The molecule has 5 nitrogen and oxygen atoms in total. The van der Waals surface area contributed by atoms with Crippen LogP contribution in [0.4, 0.5) is 0 Å². The molecule has 2 aliphatic heterocycles. The van der Waals surface area contributed by atoms with Gasteiger partial charge in [-0.3, -0.25) is 4.90 Å². The van der Waals surface area contributed by atoms with E-state index in [-0.39, 0.29) is 0 Å². The lowest BCUT2D eigenvalue weighted by Gasteiger charge is -2.38. The Balaban J connectivity index is 1.71. The van der Waals surface area contributed by atoms with Crippen molar-refractivity contribution in [2.45, 2.75) is 51.7 Å². The molecule has 0 aliphatic carbocycles. The van der Waals surface area contributed by atoms with Crippen LogP contribution in [0.15, 0.2) is 0 Å². The first-order chi connectivity index (χ1) is 8.88. The second-order valence-corrected chi connectivity index (χ2v) is 5.42. The van der Waals surface area contributed by atoms with Crippen LogP contribution in [0.25, 0.3) is 0 Å². The average Bonchev–Trinajstić information content (AvgIpc) is 2.71. The van der Waals surface area contributed by atoms with Gasteiger partial charge in [-0.15, -0.1) is 10.2 Å². The van der Waals surface area contributed by atoms with Gasteiger partial charge in [0.1, 0.15) is 11.6 Å². The van der Waals surface area contributed by atoms with Crippen LogP contribution in [0, 0.1) is 0 Å². The minimum absolute atomic E-state index is 0.696. The molecule has 0 unspecified atom stereocenters. The Kier molecular flexibility index (Phi) is 3.61. The minimum Gasteiger partial charge on any atom is -0.314 e. The van der Waals surface area contributed by atoms with Crippen LogP contribution < -0.4 is 5.32 Å². The monoisotopic (exact) mass is 249 g/mol. The van der Waals surface area contributed by atoms with E-state index in [9.17, 15) is 0 Å². The lowest BCUT2D eigenvalue weighted by Crippen LogP contribution is -2.57. The van der Waals surface area contributed by atoms with E-state index in [2.05, 4.69) is 31.9 Å². The summed E-state index contributed by atoms with van der Waals surface area (Å²) in [6.07, 6.45) is 4.85. The molecule has 5 heteroatoms. The summed E-state index contributed by atoms with van der Waals surface area (Å²) < 4.78 is 2.35. The Labute approximate surface area is 109 Å². The highest BCUT2D eigenvalue weighted by molar-refractivity contribution is 5.00. The topological polar surface area (TPSA) is 46.0 Å². The van der Waals surface area contributed by atoms with E-state index in [0.717, 1.165) is 39.1 Å². The number of hydrogen-bond acceptors (Lipinski definition) is 4. The predicted octanol–water partition coefficient (Wildman–Crippen LogP) is 0.798. The van der Waals surface area contributed by atoms with Crippen LogP contribution in [-0.2, 0) is 19.5 Å². The van der Waals surface area contributed by atoms with Gasteiger partial charge in [-0.1, -0.05) is 6.92 Å². The molecular formula is C13H23N5. The molecule has 1 N–H and O–H groups in total. The third-order valence-electron chi connectivity index (χ3n) is 4.07. The summed E-state index contributed by atoms with van der Waals surface area (Å²) in [7, 11) is 0. The summed E-state index contributed by atoms with van der Waals surface area (Å²) in [5.74, 6) is 2.37. The van der Waals surface area contributed by atoms with Crippen molar-refractivity contribution in [3.63, 3.8) is 0 Å². The van der Waals surface area contributed by atoms with Gasteiger partial charge in [-0.25, -0.2) is 0 Å². The number of aromatic nitrogens is 3. The molecule has 100 valence electrons. The summed E-state index contributed by atoms with van der Waals surface area (Å²) >= 11 is 0. The van der Waals surface area contributed by atoms with E-state index in [1.165, 1.54) is 30.9 Å². The first-order valence-corrected chi connectivity index (χ1v) is 7.24. The van der Waals surface area contributed by atoms with Crippen molar-refractivity contribution in [2.24, 2.45) is 0 Å². The zero-order valence-electron chi connectivity index (χ0n) is 11.2. The third-order valence-corrected chi connectivity index (χ3v) is 4.07. The Morgan fingerprint density at radius 3 is 2.94 bits per heavy atom. The van der Waals surface area contributed by atoms with Crippen molar-refractivity contribution in [3.05, 3.63) is 11.6 Å². The molecule has 2 aliphatic rings. The molecule has 18 heavy (non-hydrogen) atoms. The number of fused-ring (bicyclic) bond motifs is 1. The van der Waals surface area contributed by atoms with E-state index in [4.69, 9.17) is 0 Å². The minimum atomic E-state index is 0.696. The van der Waals surface area contributed by atoms with E-state index >= 15 is 0 Å². The molecule has 0 atom stereocenters. The van der Waals surface area contributed by atoms with Crippen LogP contribution in [0.2, 0.25) is 0 Å². The first-order valence-electron chi connectivity index (χ1n) is 7.24. The zero-order chi connectivity index (χ0) is 12.4. The molecule has 0 bridgehead atoms. The summed E-state index contributed by atoms with van der Waals surface area (Å²) in [5, 5.41) is 12.1. The maximum Gasteiger partial charge on any atom is 0.147 e. The average molecular weight is 249 g/mol. The molecule has 1 aromatic rings. The van der Waals surface area contributed by atoms with Gasteiger partial charge in [0.2, 0.25) is 0 Å². The molecule has 0 saturated carbocycles. The van der Waals surface area contributed by atoms with Crippen LogP contribution >= 0.6 is 0 Å². The summed E-state index contributed by atoms with van der Waals surface area (Å²) in [5.41, 5.74) is 0. The standard InChI is InChI=1S/C13H23N5/c1-2-6-17(11-8-14-9-11)10-13-16-15-12-5-3-4-7-18(12)13/h11,14H,2-10H2,1H3. The van der Waals surface area contributed by atoms with Crippen LogP contribution in [0.5, 0.6) is 0 Å². The molecule has 0 amide bonds. The molecule has 3 rings (SSSR count). The van der Waals surface area contributed by atoms with E-state index in [1.54, 1.807) is 0 Å². The lowest BCUT2D eigenvalue weighted by atomic mass is 10.1. The SMILES string of the molecule is CCCN(Cc1nnc2n1CCCC2)C1CNC1. The van der Waals surface area contributed by atoms with E-state index in [0.29, 0.717) is 6.04 Å². The number of hydrogen-bond donors (Lipinski definition) is 1. The van der Waals surface area contributed by atoms with Gasteiger partial charge in [-0.2, -0.15) is 0 Å². The summed E-state index contributed by atoms with van der Waals surface area (Å²) in [6.45, 7) is 7.74. The molecule has 3 heterocycles. The Bertz CT molecular complexity index is 396. The number of rotatable bonds is 5. The van der Waals surface area contributed by atoms with Crippen molar-refractivity contribution in [2.75, 3.05) is 19.6 Å². The molecule has 1 fully saturated rings. The maximum absolute atomic E-state index is 4.41. The molecule has 0 aromatic carbocycles. The number of nitrogens with zero attached hydrogens (tertiary/aromatic N) is 4. The third kappa shape index (κ3) is 2.29. The quantitative estimate of drug-likeness (QED) is 0.838. The smallest absolute Gasteiger partial charge is 0.147 e. The number of aryl methyl sites for hydroxylation is 1. The van der Waals surface area contributed by atoms with Gasteiger partial charge in [-0.05, 0) is 25.8 Å². The maximum atomic E-state index is 4.41. The fourth-order valence-corrected chi connectivity index (χ4v) is 2.88. The molecule has 0 spiro atoms. The highest BCUT2D eigenvalue weighted by Crippen LogP contribution is 2.17. The predicted molar refractivity (Wildman–Crippen MR) is 70.3 cm³/mol.